The van der Waals surface area contributed by atoms with Crippen molar-refractivity contribution in [3.8, 4) is 5.75 Å². The van der Waals surface area contributed by atoms with Crippen molar-refractivity contribution >= 4 is 6.08 Å². The average Bonchev–Trinajstić information content (AvgIpc) is 2.63. The smallest absolute Gasteiger partial charge is 0.127 e. The van der Waals surface area contributed by atoms with Gasteiger partial charge in [0.25, 0.3) is 0 Å². The number of aromatic nitrogens is 1. The number of benzene rings is 1. The molecule has 0 radical (unpaired) electrons. The van der Waals surface area contributed by atoms with Crippen LogP contribution in [0.15, 0.2) is 54.2 Å². The predicted molar refractivity (Wildman–Crippen MR) is 89.3 cm³/mol. The Balaban J connectivity index is 1.44. The summed E-state index contributed by atoms with van der Waals surface area (Å²) < 4.78 is 11.7. The molecule has 23 heavy (non-hydrogen) atoms. The van der Waals surface area contributed by atoms with Crippen LogP contribution in [-0.4, -0.2) is 42.7 Å². The number of hydrogen-bond acceptors (Lipinski definition) is 4. The molecule has 0 spiro atoms. The lowest BCUT2D eigenvalue weighted by Gasteiger charge is -2.33. The first-order chi connectivity index (χ1) is 11.4. The van der Waals surface area contributed by atoms with E-state index >= 15 is 0 Å². The second-order valence-electron chi connectivity index (χ2n) is 5.98. The van der Waals surface area contributed by atoms with E-state index in [1.54, 1.807) is 0 Å². The van der Waals surface area contributed by atoms with Gasteiger partial charge in [0, 0.05) is 31.4 Å². The lowest BCUT2D eigenvalue weighted by Crippen LogP contribution is -2.40. The monoisotopic (exact) mass is 308 g/mol. The molecule has 0 N–H and O–H groups in total. The van der Waals surface area contributed by atoms with Crippen LogP contribution in [-0.2, 0) is 4.74 Å². The van der Waals surface area contributed by atoms with Crippen LogP contribution in [0.1, 0.15) is 17.4 Å². The van der Waals surface area contributed by atoms with E-state index in [0.717, 1.165) is 37.7 Å². The summed E-state index contributed by atoms with van der Waals surface area (Å²) in [4.78, 5) is 6.85. The van der Waals surface area contributed by atoms with Gasteiger partial charge in [0.1, 0.15) is 18.5 Å². The van der Waals surface area contributed by atoms with E-state index in [9.17, 15) is 0 Å². The summed E-state index contributed by atoms with van der Waals surface area (Å²) in [6, 6.07) is 14.2. The fraction of sp³-hybridized carbons (Fsp3) is 0.316. The Morgan fingerprint density at radius 3 is 2.96 bits per heavy atom. The van der Waals surface area contributed by atoms with Gasteiger partial charge in [-0.05, 0) is 29.8 Å². The Bertz CT molecular complexity index is 700. The predicted octanol–water partition coefficient (Wildman–Crippen LogP) is 2.93. The van der Waals surface area contributed by atoms with Crippen molar-refractivity contribution in [3.05, 3.63) is 65.5 Å². The summed E-state index contributed by atoms with van der Waals surface area (Å²) in [6.45, 7) is 4.15. The number of morpholine rings is 1. The van der Waals surface area contributed by atoms with E-state index < -0.39 is 0 Å². The van der Waals surface area contributed by atoms with Crippen LogP contribution in [0.5, 0.6) is 5.75 Å². The summed E-state index contributed by atoms with van der Waals surface area (Å²) in [7, 11) is 0. The van der Waals surface area contributed by atoms with E-state index in [1.165, 1.54) is 11.1 Å². The van der Waals surface area contributed by atoms with Crippen molar-refractivity contribution < 1.29 is 9.47 Å². The molecule has 1 atom stereocenters. The Morgan fingerprint density at radius 1 is 1.13 bits per heavy atom. The molecule has 0 aliphatic carbocycles. The molecule has 3 heterocycles. The minimum absolute atomic E-state index is 0.0577. The van der Waals surface area contributed by atoms with E-state index in [1.807, 2.05) is 42.6 Å². The van der Waals surface area contributed by atoms with Gasteiger partial charge >= 0.3 is 0 Å². The Kier molecular flexibility index (Phi) is 4.09. The highest BCUT2D eigenvalue weighted by Crippen LogP contribution is 2.27. The zero-order chi connectivity index (χ0) is 15.5. The van der Waals surface area contributed by atoms with Gasteiger partial charge in [0.2, 0.25) is 0 Å². The maximum absolute atomic E-state index is 5.88. The van der Waals surface area contributed by atoms with Gasteiger partial charge in [-0.1, -0.05) is 24.3 Å². The summed E-state index contributed by atoms with van der Waals surface area (Å²) >= 11 is 0. The quantitative estimate of drug-likeness (QED) is 0.873. The highest BCUT2D eigenvalue weighted by Gasteiger charge is 2.24. The van der Waals surface area contributed by atoms with Gasteiger partial charge in [-0.3, -0.25) is 9.88 Å². The van der Waals surface area contributed by atoms with Gasteiger partial charge in [0.15, 0.2) is 0 Å². The van der Waals surface area contributed by atoms with Crippen molar-refractivity contribution in [2.45, 2.75) is 6.10 Å². The van der Waals surface area contributed by atoms with E-state index in [2.05, 4.69) is 22.0 Å². The van der Waals surface area contributed by atoms with E-state index in [4.69, 9.17) is 9.47 Å². The maximum Gasteiger partial charge on any atom is 0.127 e. The molecule has 4 nitrogen and oxygen atoms in total. The molecule has 1 saturated heterocycles. The Morgan fingerprint density at radius 2 is 2.04 bits per heavy atom. The Hall–Kier alpha value is -2.17. The molecule has 1 fully saturated rings. The number of ether oxygens (including phenoxy) is 2. The van der Waals surface area contributed by atoms with Gasteiger partial charge in [-0.2, -0.15) is 0 Å². The summed E-state index contributed by atoms with van der Waals surface area (Å²) in [6.07, 6.45) is 4.14. The lowest BCUT2D eigenvalue weighted by molar-refractivity contribution is -0.0294. The topological polar surface area (TPSA) is 34.6 Å². The van der Waals surface area contributed by atoms with Crippen LogP contribution in [0.25, 0.3) is 6.08 Å². The molecular formula is C19H20N2O2. The first-order valence-electron chi connectivity index (χ1n) is 8.05. The molecule has 0 bridgehead atoms. The van der Waals surface area contributed by atoms with Crippen molar-refractivity contribution in [2.24, 2.45) is 0 Å². The average molecular weight is 308 g/mol. The third kappa shape index (κ3) is 3.28. The molecule has 0 amide bonds. The lowest BCUT2D eigenvalue weighted by atomic mass is 10.1. The largest absolute Gasteiger partial charge is 0.489 e. The van der Waals surface area contributed by atoms with E-state index in [0.29, 0.717) is 6.61 Å². The number of para-hydroxylation sites is 1. The molecular weight excluding hydrogens is 288 g/mol. The molecule has 1 aromatic heterocycles. The molecule has 0 unspecified atom stereocenters. The standard InChI is InChI=1S/C19H20N2O2/c1-2-7-18-16(5-1)11-15(14-23-18)12-21-9-10-22-19(13-21)17-6-3-4-8-20-17/h1-8,11,19H,9-10,12-14H2/t19-/m1/s1. The van der Waals surface area contributed by atoms with Crippen LogP contribution in [0, 0.1) is 0 Å². The summed E-state index contributed by atoms with van der Waals surface area (Å²) in [5, 5.41) is 0. The normalized spacial score (nSPS) is 21.2. The second kappa shape index (κ2) is 6.52. The van der Waals surface area contributed by atoms with Crippen molar-refractivity contribution in [3.63, 3.8) is 0 Å². The third-order valence-electron chi connectivity index (χ3n) is 4.29. The number of pyridine rings is 1. The van der Waals surface area contributed by atoms with Crippen LogP contribution in [0.4, 0.5) is 0 Å². The van der Waals surface area contributed by atoms with E-state index in [-0.39, 0.29) is 6.10 Å². The molecule has 2 aromatic rings. The minimum Gasteiger partial charge on any atom is -0.489 e. The summed E-state index contributed by atoms with van der Waals surface area (Å²) in [5.41, 5.74) is 3.49. The fourth-order valence-electron chi connectivity index (χ4n) is 3.13. The molecule has 4 rings (SSSR count). The molecule has 118 valence electrons. The SMILES string of the molecule is C1=C(CN2CCO[C@@H](c3ccccn3)C2)COc2ccccc21. The third-order valence-corrected chi connectivity index (χ3v) is 4.29. The second-order valence-corrected chi connectivity index (χ2v) is 5.98. The number of rotatable bonds is 3. The highest BCUT2D eigenvalue weighted by molar-refractivity contribution is 5.62. The van der Waals surface area contributed by atoms with Crippen LogP contribution >= 0.6 is 0 Å². The Labute approximate surface area is 136 Å². The number of nitrogens with zero attached hydrogens (tertiary/aromatic N) is 2. The maximum atomic E-state index is 5.88. The highest BCUT2D eigenvalue weighted by atomic mass is 16.5. The summed E-state index contributed by atoms with van der Waals surface area (Å²) in [5.74, 6) is 0.976. The fourth-order valence-corrected chi connectivity index (χ4v) is 3.13. The number of hydrogen-bond donors (Lipinski definition) is 0. The first kappa shape index (κ1) is 14.4. The molecule has 2 aliphatic heterocycles. The van der Waals surface area contributed by atoms with Gasteiger partial charge in [-0.15, -0.1) is 0 Å². The molecule has 2 aliphatic rings. The molecule has 4 heteroatoms. The van der Waals surface area contributed by atoms with Gasteiger partial charge in [0.05, 0.1) is 12.3 Å². The zero-order valence-electron chi connectivity index (χ0n) is 13.0. The van der Waals surface area contributed by atoms with Gasteiger partial charge < -0.3 is 9.47 Å². The first-order valence-corrected chi connectivity index (χ1v) is 8.05. The molecule has 0 saturated carbocycles. The minimum atomic E-state index is 0.0577. The van der Waals surface area contributed by atoms with Crippen molar-refractivity contribution in [1.82, 2.24) is 9.88 Å². The zero-order valence-corrected chi connectivity index (χ0v) is 13.0. The number of fused-ring (bicyclic) bond motifs is 1. The van der Waals surface area contributed by atoms with Gasteiger partial charge in [-0.25, -0.2) is 0 Å². The van der Waals surface area contributed by atoms with Crippen molar-refractivity contribution in [2.75, 3.05) is 32.8 Å². The van der Waals surface area contributed by atoms with Crippen LogP contribution < -0.4 is 4.74 Å². The van der Waals surface area contributed by atoms with Crippen LogP contribution in [0.2, 0.25) is 0 Å². The molecule has 1 aromatic carbocycles. The van der Waals surface area contributed by atoms with Crippen LogP contribution in [0.3, 0.4) is 0 Å². The van der Waals surface area contributed by atoms with Crippen molar-refractivity contribution in [1.29, 1.82) is 0 Å².